The predicted molar refractivity (Wildman–Crippen MR) is 103 cm³/mol. The fraction of sp³-hybridized carbons (Fsp3) is 0.167. The van der Waals surface area contributed by atoms with Gasteiger partial charge in [0.2, 0.25) is 5.91 Å². The third-order valence-corrected chi connectivity index (χ3v) is 4.17. The quantitative estimate of drug-likeness (QED) is 0.706. The number of hydrogen-bond donors (Lipinski definition) is 2. The fourth-order valence-corrected chi connectivity index (χ4v) is 2.46. The molecule has 0 atom stereocenters. The summed E-state index contributed by atoms with van der Waals surface area (Å²) in [6.45, 7) is -0.0754. The van der Waals surface area contributed by atoms with E-state index in [4.69, 9.17) is 23.2 Å². The van der Waals surface area contributed by atoms with Gasteiger partial charge in [0.25, 0.3) is 0 Å². The second-order valence-corrected chi connectivity index (χ2v) is 6.13. The fourth-order valence-electron chi connectivity index (χ4n) is 2.16. The lowest BCUT2D eigenvalue weighted by molar-refractivity contribution is -0.114. The van der Waals surface area contributed by atoms with E-state index in [0.29, 0.717) is 15.7 Å². The van der Waals surface area contributed by atoms with E-state index in [1.54, 1.807) is 18.2 Å². The van der Waals surface area contributed by atoms with Crippen LogP contribution in [0.25, 0.3) is 0 Å². The Morgan fingerprint density at radius 1 is 0.852 bits per heavy atom. The molecule has 142 valence electrons. The third kappa shape index (κ3) is 5.60. The van der Waals surface area contributed by atoms with E-state index in [2.05, 4.69) is 20.1 Å². The molecule has 27 heavy (non-hydrogen) atoms. The molecule has 2 aromatic rings. The Morgan fingerprint density at radius 2 is 1.44 bits per heavy atom. The minimum atomic E-state index is -0.648. The minimum Gasteiger partial charge on any atom is -0.465 e. The lowest BCUT2D eigenvalue weighted by Crippen LogP contribution is -2.22. The summed E-state index contributed by atoms with van der Waals surface area (Å²) in [7, 11) is 2.43. The van der Waals surface area contributed by atoms with Crippen LogP contribution < -0.4 is 10.6 Å². The molecule has 0 aliphatic heterocycles. The van der Waals surface area contributed by atoms with Crippen LogP contribution in [0, 0.1) is 0 Å². The van der Waals surface area contributed by atoms with E-state index >= 15 is 0 Å². The first-order valence-corrected chi connectivity index (χ1v) is 8.40. The number of nitrogens with one attached hydrogen (secondary N) is 2. The molecule has 0 heterocycles. The van der Waals surface area contributed by atoms with E-state index in [1.807, 2.05) is 0 Å². The average molecular weight is 411 g/mol. The van der Waals surface area contributed by atoms with Gasteiger partial charge in [0.15, 0.2) is 0 Å². The molecule has 0 fully saturated rings. The summed E-state index contributed by atoms with van der Waals surface area (Å²) < 4.78 is 9.30. The first-order chi connectivity index (χ1) is 12.8. The van der Waals surface area contributed by atoms with Gasteiger partial charge in [0.05, 0.1) is 41.9 Å². The van der Waals surface area contributed by atoms with Crippen LogP contribution in [-0.4, -0.2) is 38.6 Å². The van der Waals surface area contributed by atoms with Crippen molar-refractivity contribution in [1.29, 1.82) is 0 Å². The molecule has 1 amide bonds. The normalized spacial score (nSPS) is 10.1. The highest BCUT2D eigenvalue weighted by atomic mass is 35.5. The highest BCUT2D eigenvalue weighted by Gasteiger charge is 2.15. The predicted octanol–water partition coefficient (Wildman–Crippen LogP) is 3.62. The van der Waals surface area contributed by atoms with Crippen molar-refractivity contribution in [2.45, 2.75) is 0 Å². The Balaban J connectivity index is 2.12. The van der Waals surface area contributed by atoms with Crippen LogP contribution in [0.2, 0.25) is 10.0 Å². The van der Waals surface area contributed by atoms with E-state index in [9.17, 15) is 14.4 Å². The van der Waals surface area contributed by atoms with Crippen molar-refractivity contribution < 1.29 is 23.9 Å². The molecular weight excluding hydrogens is 395 g/mol. The number of rotatable bonds is 6. The second-order valence-electron chi connectivity index (χ2n) is 5.31. The maximum absolute atomic E-state index is 12.2. The number of carbonyl (C=O) groups excluding carboxylic acids is 3. The Bertz CT molecular complexity index is 852. The van der Waals surface area contributed by atoms with Gasteiger partial charge in [-0.3, -0.25) is 4.79 Å². The maximum atomic E-state index is 12.2. The van der Waals surface area contributed by atoms with Crippen LogP contribution in [0.15, 0.2) is 36.4 Å². The molecule has 0 saturated carbocycles. The van der Waals surface area contributed by atoms with Gasteiger partial charge in [-0.1, -0.05) is 23.2 Å². The van der Waals surface area contributed by atoms with E-state index in [0.717, 1.165) is 0 Å². The lowest BCUT2D eigenvalue weighted by Gasteiger charge is -2.11. The number of anilines is 2. The molecule has 0 aliphatic carbocycles. The summed E-state index contributed by atoms with van der Waals surface area (Å²) in [5.41, 5.74) is 1.07. The zero-order valence-corrected chi connectivity index (χ0v) is 16.0. The molecule has 0 aromatic heterocycles. The lowest BCUT2D eigenvalue weighted by atomic mass is 10.1. The standard InChI is InChI=1S/C18H16Cl2N2O5/c1-26-17(24)10-5-11(18(25)27-2)7-13(6-10)22-16(23)9-21-12-3-4-14(19)15(20)8-12/h3-8,21H,9H2,1-2H3,(H,22,23). The topological polar surface area (TPSA) is 93.7 Å². The number of hydrogen-bond acceptors (Lipinski definition) is 6. The molecular formula is C18H16Cl2N2O5. The molecule has 2 aromatic carbocycles. The summed E-state index contributed by atoms with van der Waals surface area (Å²) in [6.07, 6.45) is 0. The largest absolute Gasteiger partial charge is 0.465 e. The summed E-state index contributed by atoms with van der Waals surface area (Å²) in [6, 6.07) is 8.98. The highest BCUT2D eigenvalue weighted by molar-refractivity contribution is 6.42. The summed E-state index contributed by atoms with van der Waals surface area (Å²) in [5, 5.41) is 6.25. The summed E-state index contributed by atoms with van der Waals surface area (Å²) >= 11 is 11.8. The van der Waals surface area contributed by atoms with Crippen LogP contribution in [0.5, 0.6) is 0 Å². The summed E-state index contributed by atoms with van der Waals surface area (Å²) in [4.78, 5) is 35.7. The molecule has 9 heteroatoms. The number of amides is 1. The van der Waals surface area contributed by atoms with Crippen LogP contribution >= 0.6 is 23.2 Å². The van der Waals surface area contributed by atoms with Gasteiger partial charge in [-0.2, -0.15) is 0 Å². The van der Waals surface area contributed by atoms with E-state index < -0.39 is 17.8 Å². The molecule has 7 nitrogen and oxygen atoms in total. The van der Waals surface area contributed by atoms with Crippen molar-refractivity contribution in [3.63, 3.8) is 0 Å². The number of halogens is 2. The van der Waals surface area contributed by atoms with Crippen LogP contribution in [0.4, 0.5) is 11.4 Å². The Labute approximate surface area is 165 Å². The SMILES string of the molecule is COC(=O)c1cc(NC(=O)CNc2ccc(Cl)c(Cl)c2)cc(C(=O)OC)c1. The first-order valence-electron chi connectivity index (χ1n) is 7.64. The molecule has 0 saturated heterocycles. The zero-order chi connectivity index (χ0) is 20.0. The molecule has 0 bridgehead atoms. The highest BCUT2D eigenvalue weighted by Crippen LogP contribution is 2.25. The van der Waals surface area contributed by atoms with E-state index in [-0.39, 0.29) is 23.4 Å². The zero-order valence-electron chi connectivity index (χ0n) is 14.5. The van der Waals surface area contributed by atoms with Crippen molar-refractivity contribution in [2.75, 3.05) is 31.4 Å². The molecule has 0 aliphatic rings. The van der Waals surface area contributed by atoms with Gasteiger partial charge in [0, 0.05) is 11.4 Å². The van der Waals surface area contributed by atoms with Crippen LogP contribution in [0.1, 0.15) is 20.7 Å². The Kier molecular flexibility index (Phi) is 7.04. The molecule has 2 N–H and O–H groups in total. The van der Waals surface area contributed by atoms with Crippen molar-refractivity contribution in [3.8, 4) is 0 Å². The van der Waals surface area contributed by atoms with Gasteiger partial charge in [-0.25, -0.2) is 9.59 Å². The number of benzene rings is 2. The second kappa shape index (κ2) is 9.25. The smallest absolute Gasteiger partial charge is 0.337 e. The van der Waals surface area contributed by atoms with Crippen LogP contribution in [0.3, 0.4) is 0 Å². The monoisotopic (exact) mass is 410 g/mol. The van der Waals surface area contributed by atoms with Crippen LogP contribution in [-0.2, 0) is 14.3 Å². The van der Waals surface area contributed by atoms with Crippen molar-refractivity contribution in [2.24, 2.45) is 0 Å². The number of esters is 2. The molecule has 0 spiro atoms. The average Bonchev–Trinajstić information content (AvgIpc) is 2.67. The maximum Gasteiger partial charge on any atom is 0.337 e. The number of ether oxygens (including phenoxy) is 2. The van der Waals surface area contributed by atoms with Gasteiger partial charge in [-0.05, 0) is 36.4 Å². The third-order valence-electron chi connectivity index (χ3n) is 3.43. The summed E-state index contributed by atoms with van der Waals surface area (Å²) in [5.74, 6) is -1.70. The van der Waals surface area contributed by atoms with Gasteiger partial charge >= 0.3 is 11.9 Å². The van der Waals surface area contributed by atoms with Gasteiger partial charge < -0.3 is 20.1 Å². The molecule has 0 radical (unpaired) electrons. The first kappa shape index (κ1) is 20.5. The van der Waals surface area contributed by atoms with Crippen molar-refractivity contribution >= 4 is 52.4 Å². The van der Waals surface area contributed by atoms with E-state index in [1.165, 1.54) is 32.4 Å². The molecule has 2 rings (SSSR count). The van der Waals surface area contributed by atoms with Crippen molar-refractivity contribution in [1.82, 2.24) is 0 Å². The van der Waals surface area contributed by atoms with Gasteiger partial charge in [-0.15, -0.1) is 0 Å². The Hall–Kier alpha value is -2.77. The minimum absolute atomic E-state index is 0.0754. The number of carbonyl (C=O) groups is 3. The van der Waals surface area contributed by atoms with Gasteiger partial charge in [0.1, 0.15) is 0 Å². The van der Waals surface area contributed by atoms with Crippen molar-refractivity contribution in [3.05, 3.63) is 57.6 Å². The Morgan fingerprint density at radius 3 is 1.96 bits per heavy atom. The molecule has 0 unspecified atom stereocenters. The number of methoxy groups -OCH3 is 2.